The van der Waals surface area contributed by atoms with E-state index in [4.69, 9.17) is 0 Å². The van der Waals surface area contributed by atoms with Gasteiger partial charge in [-0.15, -0.1) is 0 Å². The molecule has 1 aliphatic heterocycles. The number of benzene rings is 1. The SMILES string of the molecule is O=S(=O)(NCCNC1CCCNc2ccccc21)c1cccnc1. The van der Waals surface area contributed by atoms with Crippen molar-refractivity contribution in [1.29, 1.82) is 0 Å². The zero-order chi connectivity index (χ0) is 16.8. The molecule has 0 amide bonds. The van der Waals surface area contributed by atoms with E-state index in [0.717, 1.165) is 25.1 Å². The predicted molar refractivity (Wildman–Crippen MR) is 94.3 cm³/mol. The van der Waals surface area contributed by atoms with Gasteiger partial charge in [0.1, 0.15) is 4.90 Å². The molecular formula is C17H22N4O2S. The summed E-state index contributed by atoms with van der Waals surface area (Å²) in [7, 11) is -3.50. The van der Waals surface area contributed by atoms with Gasteiger partial charge in [0.25, 0.3) is 0 Å². The Kier molecular flexibility index (Phi) is 5.44. The van der Waals surface area contributed by atoms with Crippen LogP contribution in [0.5, 0.6) is 0 Å². The van der Waals surface area contributed by atoms with Crippen molar-refractivity contribution in [3.05, 3.63) is 54.4 Å². The first kappa shape index (κ1) is 16.9. The van der Waals surface area contributed by atoms with Gasteiger partial charge in [0, 0.05) is 43.8 Å². The lowest BCUT2D eigenvalue weighted by molar-refractivity contribution is 0.497. The molecule has 3 rings (SSSR count). The van der Waals surface area contributed by atoms with E-state index in [1.54, 1.807) is 12.3 Å². The zero-order valence-corrected chi connectivity index (χ0v) is 14.2. The molecule has 0 fully saturated rings. The Morgan fingerprint density at radius 2 is 2.04 bits per heavy atom. The fourth-order valence-corrected chi connectivity index (χ4v) is 3.87. The van der Waals surface area contributed by atoms with Crippen molar-refractivity contribution in [2.75, 3.05) is 25.0 Å². The number of para-hydroxylation sites is 1. The third-order valence-corrected chi connectivity index (χ3v) is 5.52. The maximum atomic E-state index is 12.1. The van der Waals surface area contributed by atoms with Crippen LogP contribution in [0.4, 0.5) is 5.69 Å². The highest BCUT2D eigenvalue weighted by molar-refractivity contribution is 7.89. The molecule has 2 aromatic rings. The van der Waals surface area contributed by atoms with Crippen molar-refractivity contribution < 1.29 is 8.42 Å². The van der Waals surface area contributed by atoms with Crippen molar-refractivity contribution in [3.63, 3.8) is 0 Å². The van der Waals surface area contributed by atoms with Crippen molar-refractivity contribution >= 4 is 15.7 Å². The lowest BCUT2D eigenvalue weighted by Crippen LogP contribution is -2.33. The average Bonchev–Trinajstić information content (AvgIpc) is 2.82. The van der Waals surface area contributed by atoms with Gasteiger partial charge in [0.15, 0.2) is 0 Å². The molecule has 128 valence electrons. The number of sulfonamides is 1. The van der Waals surface area contributed by atoms with E-state index in [1.165, 1.54) is 17.8 Å². The van der Waals surface area contributed by atoms with Gasteiger partial charge >= 0.3 is 0 Å². The summed E-state index contributed by atoms with van der Waals surface area (Å²) in [4.78, 5) is 4.04. The minimum absolute atomic E-state index is 0.189. The fourth-order valence-electron chi connectivity index (χ4n) is 2.88. The van der Waals surface area contributed by atoms with Crippen LogP contribution in [0.3, 0.4) is 0 Å². The van der Waals surface area contributed by atoms with E-state index < -0.39 is 10.0 Å². The number of rotatable bonds is 6. The van der Waals surface area contributed by atoms with E-state index in [1.807, 2.05) is 12.1 Å². The molecule has 0 aliphatic carbocycles. The normalized spacial score (nSPS) is 17.6. The number of nitrogens with one attached hydrogen (secondary N) is 3. The number of hydrogen-bond donors (Lipinski definition) is 3. The number of fused-ring (bicyclic) bond motifs is 1. The molecule has 0 saturated heterocycles. The van der Waals surface area contributed by atoms with Crippen molar-refractivity contribution in [2.24, 2.45) is 0 Å². The molecule has 0 bridgehead atoms. The standard InChI is InChI=1S/C17H22N4O2S/c22-24(23,14-5-3-9-18-13-14)21-12-11-20-17-8-4-10-19-16-7-2-1-6-15(16)17/h1-3,5-7,9,13,17,19-21H,4,8,10-12H2. The molecule has 7 heteroatoms. The summed E-state index contributed by atoms with van der Waals surface area (Å²) in [6, 6.07) is 11.6. The van der Waals surface area contributed by atoms with E-state index in [-0.39, 0.29) is 10.9 Å². The number of pyridine rings is 1. The molecule has 1 aliphatic rings. The minimum atomic E-state index is -3.50. The Hall–Kier alpha value is -1.96. The van der Waals surface area contributed by atoms with Crippen LogP contribution in [0.1, 0.15) is 24.4 Å². The predicted octanol–water partition coefficient (Wildman–Crippen LogP) is 1.90. The van der Waals surface area contributed by atoms with Crippen molar-refractivity contribution in [3.8, 4) is 0 Å². The molecule has 1 aromatic carbocycles. The first-order chi connectivity index (χ1) is 11.7. The summed E-state index contributed by atoms with van der Waals surface area (Å²) in [6.07, 6.45) is 5.01. The Balaban J connectivity index is 1.55. The molecule has 3 N–H and O–H groups in total. The molecule has 2 heterocycles. The van der Waals surface area contributed by atoms with Crippen LogP contribution in [0.2, 0.25) is 0 Å². The van der Waals surface area contributed by atoms with Gasteiger partial charge < -0.3 is 10.6 Å². The summed E-state index contributed by atoms with van der Waals surface area (Å²) < 4.78 is 26.9. The van der Waals surface area contributed by atoms with Gasteiger partial charge in [-0.05, 0) is 36.6 Å². The Morgan fingerprint density at radius 3 is 2.88 bits per heavy atom. The highest BCUT2D eigenvalue weighted by Crippen LogP contribution is 2.28. The second-order valence-corrected chi connectivity index (χ2v) is 7.52. The van der Waals surface area contributed by atoms with Crippen LogP contribution in [0.15, 0.2) is 53.7 Å². The maximum Gasteiger partial charge on any atom is 0.242 e. The fraction of sp³-hybridized carbons (Fsp3) is 0.353. The number of hydrogen-bond acceptors (Lipinski definition) is 5. The smallest absolute Gasteiger partial charge is 0.242 e. The molecule has 0 radical (unpaired) electrons. The number of nitrogens with zero attached hydrogens (tertiary/aromatic N) is 1. The Bertz CT molecular complexity index is 765. The molecule has 1 aromatic heterocycles. The second-order valence-electron chi connectivity index (χ2n) is 5.75. The Morgan fingerprint density at radius 1 is 1.17 bits per heavy atom. The van der Waals surface area contributed by atoms with Gasteiger partial charge in [0.2, 0.25) is 10.0 Å². The lowest BCUT2D eigenvalue weighted by Gasteiger charge is -2.19. The summed E-state index contributed by atoms with van der Waals surface area (Å²) in [5, 5.41) is 6.89. The van der Waals surface area contributed by atoms with Gasteiger partial charge in [-0.1, -0.05) is 18.2 Å². The average molecular weight is 346 g/mol. The highest BCUT2D eigenvalue weighted by Gasteiger charge is 2.18. The summed E-state index contributed by atoms with van der Waals surface area (Å²) in [5.74, 6) is 0. The largest absolute Gasteiger partial charge is 0.385 e. The molecule has 1 unspecified atom stereocenters. The highest BCUT2D eigenvalue weighted by atomic mass is 32.2. The second kappa shape index (κ2) is 7.74. The van der Waals surface area contributed by atoms with E-state index >= 15 is 0 Å². The monoisotopic (exact) mass is 346 g/mol. The van der Waals surface area contributed by atoms with Crippen LogP contribution in [0, 0.1) is 0 Å². The molecular weight excluding hydrogens is 324 g/mol. The third kappa shape index (κ3) is 4.11. The van der Waals surface area contributed by atoms with Crippen molar-refractivity contribution in [1.82, 2.24) is 15.0 Å². The summed E-state index contributed by atoms with van der Waals surface area (Å²) >= 11 is 0. The maximum absolute atomic E-state index is 12.1. The zero-order valence-electron chi connectivity index (χ0n) is 13.4. The first-order valence-electron chi connectivity index (χ1n) is 8.13. The minimum Gasteiger partial charge on any atom is -0.385 e. The van der Waals surface area contributed by atoms with Gasteiger partial charge in [0.05, 0.1) is 0 Å². The molecule has 24 heavy (non-hydrogen) atoms. The topological polar surface area (TPSA) is 83.1 Å². The van der Waals surface area contributed by atoms with E-state index in [9.17, 15) is 8.42 Å². The quantitative estimate of drug-likeness (QED) is 0.696. The number of aromatic nitrogens is 1. The van der Waals surface area contributed by atoms with Gasteiger partial charge in [-0.3, -0.25) is 4.98 Å². The molecule has 6 nitrogen and oxygen atoms in total. The lowest BCUT2D eigenvalue weighted by atomic mass is 10.0. The summed E-state index contributed by atoms with van der Waals surface area (Å²) in [6.45, 7) is 1.87. The van der Waals surface area contributed by atoms with Crippen LogP contribution in [-0.4, -0.2) is 33.0 Å². The van der Waals surface area contributed by atoms with Crippen LogP contribution >= 0.6 is 0 Å². The van der Waals surface area contributed by atoms with Gasteiger partial charge in [-0.2, -0.15) is 0 Å². The van der Waals surface area contributed by atoms with Crippen LogP contribution in [0.25, 0.3) is 0 Å². The number of anilines is 1. The molecule has 0 spiro atoms. The van der Waals surface area contributed by atoms with E-state index in [0.29, 0.717) is 13.1 Å². The van der Waals surface area contributed by atoms with Crippen LogP contribution < -0.4 is 15.4 Å². The van der Waals surface area contributed by atoms with Gasteiger partial charge in [-0.25, -0.2) is 13.1 Å². The van der Waals surface area contributed by atoms with E-state index in [2.05, 4.69) is 32.5 Å². The molecule has 1 atom stereocenters. The Labute approximate surface area is 142 Å². The molecule has 0 saturated carbocycles. The first-order valence-corrected chi connectivity index (χ1v) is 9.61. The summed E-state index contributed by atoms with van der Waals surface area (Å²) in [5.41, 5.74) is 2.40. The van der Waals surface area contributed by atoms with Crippen LogP contribution in [-0.2, 0) is 10.0 Å². The van der Waals surface area contributed by atoms with Crippen molar-refractivity contribution in [2.45, 2.75) is 23.8 Å². The third-order valence-electron chi connectivity index (χ3n) is 4.07.